The number of rotatable bonds is 3. The molecule has 0 saturated heterocycles. The molecule has 90 valence electrons. The second kappa shape index (κ2) is 4.37. The highest BCUT2D eigenvalue weighted by atomic mass is 16.1. The van der Waals surface area contributed by atoms with Crippen LogP contribution < -0.4 is 5.32 Å². The molecular formula is C13H12N4O. The Kier molecular flexibility index (Phi) is 2.57. The van der Waals surface area contributed by atoms with Crippen molar-refractivity contribution in [3.63, 3.8) is 0 Å². The van der Waals surface area contributed by atoms with Crippen LogP contribution in [0.2, 0.25) is 0 Å². The zero-order chi connectivity index (χ0) is 12.4. The van der Waals surface area contributed by atoms with Crippen molar-refractivity contribution in [1.82, 2.24) is 20.3 Å². The molecule has 0 aliphatic rings. The first-order valence-electron chi connectivity index (χ1n) is 5.67. The van der Waals surface area contributed by atoms with Crippen LogP contribution in [-0.4, -0.2) is 20.9 Å². The number of aromatic nitrogens is 3. The summed E-state index contributed by atoms with van der Waals surface area (Å²) in [4.78, 5) is 22.1. The van der Waals surface area contributed by atoms with E-state index in [2.05, 4.69) is 20.3 Å². The van der Waals surface area contributed by atoms with Gasteiger partial charge < -0.3 is 15.3 Å². The molecule has 1 aromatic carbocycles. The number of imidazole rings is 1. The number of carbonyl (C=O) groups excluding carboxylic acids is 1. The maximum Gasteiger partial charge on any atom is 0.253 e. The minimum Gasteiger partial charge on any atom is -0.360 e. The lowest BCUT2D eigenvalue weighted by Crippen LogP contribution is -2.23. The number of benzene rings is 1. The monoisotopic (exact) mass is 240 g/mol. The number of hydrogen-bond acceptors (Lipinski definition) is 2. The van der Waals surface area contributed by atoms with Gasteiger partial charge in [0.1, 0.15) is 5.82 Å². The van der Waals surface area contributed by atoms with Crippen LogP contribution in [0.4, 0.5) is 0 Å². The third-order valence-electron chi connectivity index (χ3n) is 2.81. The molecule has 0 unspecified atom stereocenters. The van der Waals surface area contributed by atoms with Gasteiger partial charge in [0.2, 0.25) is 0 Å². The lowest BCUT2D eigenvalue weighted by atomic mass is 10.1. The molecule has 0 atom stereocenters. The molecule has 18 heavy (non-hydrogen) atoms. The fraction of sp³-hybridized carbons (Fsp3) is 0.0769. The highest BCUT2D eigenvalue weighted by Crippen LogP contribution is 2.17. The smallest absolute Gasteiger partial charge is 0.253 e. The highest BCUT2D eigenvalue weighted by Gasteiger charge is 2.11. The quantitative estimate of drug-likeness (QED) is 0.653. The van der Waals surface area contributed by atoms with Crippen molar-refractivity contribution in [2.45, 2.75) is 6.54 Å². The number of nitrogens with zero attached hydrogens (tertiary/aromatic N) is 1. The van der Waals surface area contributed by atoms with E-state index in [0.717, 1.165) is 16.7 Å². The van der Waals surface area contributed by atoms with Gasteiger partial charge in [-0.15, -0.1) is 0 Å². The lowest BCUT2D eigenvalue weighted by molar-refractivity contribution is 0.0951. The maximum atomic E-state index is 12.0. The van der Waals surface area contributed by atoms with E-state index in [4.69, 9.17) is 0 Å². The molecule has 0 aliphatic heterocycles. The highest BCUT2D eigenvalue weighted by molar-refractivity contribution is 6.06. The van der Waals surface area contributed by atoms with Gasteiger partial charge >= 0.3 is 0 Å². The first-order valence-corrected chi connectivity index (χ1v) is 5.67. The fourth-order valence-corrected chi connectivity index (χ4v) is 1.91. The second-order valence-corrected chi connectivity index (χ2v) is 3.97. The SMILES string of the molecule is O=C(NCc1ncc[nH]1)c1c[nH]c2ccccc12. The van der Waals surface area contributed by atoms with Crippen molar-refractivity contribution < 1.29 is 4.79 Å². The summed E-state index contributed by atoms with van der Waals surface area (Å²) in [5, 5.41) is 3.75. The Balaban J connectivity index is 1.80. The number of aromatic amines is 2. The number of carbonyl (C=O) groups is 1. The Labute approximate surface area is 103 Å². The van der Waals surface area contributed by atoms with Gasteiger partial charge in [0, 0.05) is 29.5 Å². The summed E-state index contributed by atoms with van der Waals surface area (Å²) in [5.74, 6) is 0.632. The van der Waals surface area contributed by atoms with Gasteiger partial charge in [-0.05, 0) is 6.07 Å². The number of nitrogens with one attached hydrogen (secondary N) is 3. The summed E-state index contributed by atoms with van der Waals surface area (Å²) in [6, 6.07) is 7.72. The van der Waals surface area contributed by atoms with Crippen molar-refractivity contribution in [1.29, 1.82) is 0 Å². The standard InChI is InChI=1S/C13H12N4O/c18-13(17-8-12-14-5-6-15-12)10-7-16-11-4-2-1-3-9(10)11/h1-7,16H,8H2,(H,14,15)(H,17,18). The summed E-state index contributed by atoms with van der Waals surface area (Å²) in [6.07, 6.45) is 5.11. The van der Waals surface area contributed by atoms with Crippen LogP contribution in [0.5, 0.6) is 0 Å². The van der Waals surface area contributed by atoms with Crippen LogP contribution in [0.25, 0.3) is 10.9 Å². The molecule has 0 radical (unpaired) electrons. The zero-order valence-corrected chi connectivity index (χ0v) is 9.60. The van der Waals surface area contributed by atoms with Crippen molar-refractivity contribution in [2.75, 3.05) is 0 Å². The summed E-state index contributed by atoms with van der Waals surface area (Å²) in [7, 11) is 0. The Hall–Kier alpha value is -2.56. The van der Waals surface area contributed by atoms with E-state index in [1.165, 1.54) is 0 Å². The summed E-state index contributed by atoms with van der Waals surface area (Å²) < 4.78 is 0. The van der Waals surface area contributed by atoms with Crippen LogP contribution in [0, 0.1) is 0 Å². The van der Waals surface area contributed by atoms with Gasteiger partial charge in [0.25, 0.3) is 5.91 Å². The topological polar surface area (TPSA) is 73.6 Å². The third-order valence-corrected chi connectivity index (χ3v) is 2.81. The third kappa shape index (κ3) is 1.86. The predicted octanol–water partition coefficient (Wildman–Crippen LogP) is 1.82. The van der Waals surface area contributed by atoms with Gasteiger partial charge in [0.15, 0.2) is 0 Å². The average Bonchev–Trinajstić information content (AvgIpc) is 3.05. The Morgan fingerprint density at radius 3 is 3.00 bits per heavy atom. The molecule has 3 aromatic rings. The zero-order valence-electron chi connectivity index (χ0n) is 9.60. The van der Waals surface area contributed by atoms with E-state index in [0.29, 0.717) is 12.1 Å². The van der Waals surface area contributed by atoms with Crippen LogP contribution in [-0.2, 0) is 6.54 Å². The summed E-state index contributed by atoms with van der Waals surface area (Å²) in [5.41, 5.74) is 1.61. The molecule has 5 nitrogen and oxygen atoms in total. The molecule has 0 aliphatic carbocycles. The normalized spacial score (nSPS) is 10.7. The van der Waals surface area contributed by atoms with Gasteiger partial charge in [-0.3, -0.25) is 4.79 Å². The van der Waals surface area contributed by atoms with E-state index in [9.17, 15) is 4.79 Å². The minimum atomic E-state index is -0.108. The molecule has 0 fully saturated rings. The van der Waals surface area contributed by atoms with Gasteiger partial charge in [-0.2, -0.15) is 0 Å². The number of amides is 1. The molecule has 2 aromatic heterocycles. The molecule has 0 saturated carbocycles. The fourth-order valence-electron chi connectivity index (χ4n) is 1.91. The van der Waals surface area contributed by atoms with Crippen LogP contribution in [0.3, 0.4) is 0 Å². The van der Waals surface area contributed by atoms with E-state index < -0.39 is 0 Å². The maximum absolute atomic E-state index is 12.0. The van der Waals surface area contributed by atoms with E-state index >= 15 is 0 Å². The molecule has 2 heterocycles. The molecular weight excluding hydrogens is 228 g/mol. The van der Waals surface area contributed by atoms with Crippen molar-refractivity contribution >= 4 is 16.8 Å². The van der Waals surface area contributed by atoms with E-state index in [1.54, 1.807) is 18.6 Å². The van der Waals surface area contributed by atoms with Crippen molar-refractivity contribution in [3.8, 4) is 0 Å². The van der Waals surface area contributed by atoms with Crippen LogP contribution in [0.15, 0.2) is 42.9 Å². The van der Waals surface area contributed by atoms with Crippen LogP contribution in [0.1, 0.15) is 16.2 Å². The molecule has 5 heteroatoms. The van der Waals surface area contributed by atoms with Crippen LogP contribution >= 0.6 is 0 Å². The van der Waals surface area contributed by atoms with Gasteiger partial charge in [-0.1, -0.05) is 18.2 Å². The Morgan fingerprint density at radius 2 is 2.17 bits per heavy atom. The van der Waals surface area contributed by atoms with E-state index in [-0.39, 0.29) is 5.91 Å². The van der Waals surface area contributed by atoms with Gasteiger partial charge in [-0.25, -0.2) is 4.98 Å². The first kappa shape index (κ1) is 10.6. The van der Waals surface area contributed by atoms with Crippen molar-refractivity contribution in [2.24, 2.45) is 0 Å². The molecule has 0 bridgehead atoms. The lowest BCUT2D eigenvalue weighted by Gasteiger charge is -2.01. The largest absolute Gasteiger partial charge is 0.360 e. The number of hydrogen-bond donors (Lipinski definition) is 3. The average molecular weight is 240 g/mol. The predicted molar refractivity (Wildman–Crippen MR) is 68.1 cm³/mol. The Bertz CT molecular complexity index is 669. The summed E-state index contributed by atoms with van der Waals surface area (Å²) >= 11 is 0. The molecule has 1 amide bonds. The van der Waals surface area contributed by atoms with Gasteiger partial charge in [0.05, 0.1) is 12.1 Å². The second-order valence-electron chi connectivity index (χ2n) is 3.97. The van der Waals surface area contributed by atoms with Crippen molar-refractivity contribution in [3.05, 3.63) is 54.2 Å². The molecule has 3 rings (SSSR count). The first-order chi connectivity index (χ1) is 8.84. The number of para-hydroxylation sites is 1. The summed E-state index contributed by atoms with van der Waals surface area (Å²) in [6.45, 7) is 0.394. The molecule has 3 N–H and O–H groups in total. The Morgan fingerprint density at radius 1 is 1.28 bits per heavy atom. The number of fused-ring (bicyclic) bond motifs is 1. The van der Waals surface area contributed by atoms with E-state index in [1.807, 2.05) is 24.3 Å². The minimum absolute atomic E-state index is 0.108. The molecule has 0 spiro atoms. The number of H-pyrrole nitrogens is 2.